The molecule has 0 N–H and O–H groups in total. The summed E-state index contributed by atoms with van der Waals surface area (Å²) in [6.45, 7) is 2.09. The van der Waals surface area contributed by atoms with Gasteiger partial charge in [-0.3, -0.25) is 9.69 Å². The molecule has 3 heterocycles. The maximum Gasteiger partial charge on any atom is 0.224 e. The standard InChI is InChI=1S/C20H24F2N4O2/c1-24(2)19(27)9-18-11-25-10-16(8-17(25)12-28-18)26-4-3-23-20(26)13-5-14(21)7-15(22)6-13/h3-7,16-18H,8-12H2,1-2H3/t16-,17+,18+/m1/s1. The molecule has 1 aromatic heterocycles. The zero-order chi connectivity index (χ0) is 19.8. The third kappa shape index (κ3) is 3.79. The summed E-state index contributed by atoms with van der Waals surface area (Å²) in [5.41, 5.74) is 0.429. The predicted molar refractivity (Wildman–Crippen MR) is 99.6 cm³/mol. The van der Waals surface area contributed by atoms with Gasteiger partial charge in [0, 0.05) is 63.3 Å². The first-order valence-electron chi connectivity index (χ1n) is 9.46. The third-order valence-electron chi connectivity index (χ3n) is 5.55. The molecule has 1 aromatic carbocycles. The molecule has 0 saturated carbocycles. The topological polar surface area (TPSA) is 50.6 Å². The summed E-state index contributed by atoms with van der Waals surface area (Å²) in [6, 6.07) is 3.88. The molecule has 2 aliphatic heterocycles. The number of carbonyl (C=O) groups is 1. The molecular formula is C20H24F2N4O2. The lowest BCUT2D eigenvalue weighted by atomic mass is 10.1. The number of nitrogens with zero attached hydrogens (tertiary/aromatic N) is 4. The van der Waals surface area contributed by atoms with Gasteiger partial charge in [-0.1, -0.05) is 0 Å². The van der Waals surface area contributed by atoms with Crippen molar-refractivity contribution in [1.29, 1.82) is 0 Å². The van der Waals surface area contributed by atoms with Crippen molar-refractivity contribution < 1.29 is 18.3 Å². The van der Waals surface area contributed by atoms with E-state index in [1.54, 1.807) is 25.2 Å². The molecule has 0 aliphatic carbocycles. The molecule has 0 bridgehead atoms. The van der Waals surface area contributed by atoms with Crippen molar-refractivity contribution in [2.45, 2.75) is 31.0 Å². The van der Waals surface area contributed by atoms with Crippen LogP contribution in [0, 0.1) is 11.6 Å². The average Bonchev–Trinajstić information content (AvgIpc) is 3.27. The number of amides is 1. The van der Waals surface area contributed by atoms with E-state index in [9.17, 15) is 13.6 Å². The molecule has 0 spiro atoms. The Balaban J connectivity index is 1.48. The van der Waals surface area contributed by atoms with Crippen LogP contribution in [0.3, 0.4) is 0 Å². The second kappa shape index (κ2) is 7.60. The molecule has 8 heteroatoms. The summed E-state index contributed by atoms with van der Waals surface area (Å²) < 4.78 is 35.2. The fraction of sp³-hybridized carbons (Fsp3) is 0.500. The number of aromatic nitrogens is 2. The first-order chi connectivity index (χ1) is 13.4. The minimum Gasteiger partial charge on any atom is -0.375 e. The Morgan fingerprint density at radius 3 is 2.68 bits per heavy atom. The summed E-state index contributed by atoms with van der Waals surface area (Å²) in [4.78, 5) is 20.2. The van der Waals surface area contributed by atoms with Crippen molar-refractivity contribution in [2.24, 2.45) is 0 Å². The van der Waals surface area contributed by atoms with Crippen LogP contribution in [0.1, 0.15) is 18.9 Å². The highest BCUT2D eigenvalue weighted by molar-refractivity contribution is 5.76. The van der Waals surface area contributed by atoms with Crippen LogP contribution in [0.4, 0.5) is 8.78 Å². The summed E-state index contributed by atoms with van der Waals surface area (Å²) in [6.07, 6.45) is 4.65. The molecule has 2 saturated heterocycles. The Kier molecular flexibility index (Phi) is 5.16. The van der Waals surface area contributed by atoms with Crippen molar-refractivity contribution >= 4 is 5.91 Å². The molecule has 4 rings (SSSR count). The predicted octanol–water partition coefficient (Wildman–Crippen LogP) is 2.32. The van der Waals surface area contributed by atoms with E-state index in [1.807, 2.05) is 10.8 Å². The number of halogens is 2. The SMILES string of the molecule is CN(C)C(=O)C[C@H]1CN2C[C@H](n3ccnc3-c3cc(F)cc(F)c3)C[C@H]2CO1. The van der Waals surface area contributed by atoms with Crippen LogP contribution in [0.25, 0.3) is 11.4 Å². The highest BCUT2D eigenvalue weighted by Crippen LogP contribution is 2.34. The molecule has 6 nitrogen and oxygen atoms in total. The van der Waals surface area contributed by atoms with Gasteiger partial charge in [0.25, 0.3) is 0 Å². The number of hydrogen-bond donors (Lipinski definition) is 0. The third-order valence-corrected chi connectivity index (χ3v) is 5.55. The van der Waals surface area contributed by atoms with Gasteiger partial charge < -0.3 is 14.2 Å². The number of carbonyl (C=O) groups excluding carboxylic acids is 1. The van der Waals surface area contributed by atoms with Gasteiger partial charge in [0.15, 0.2) is 0 Å². The lowest BCUT2D eigenvalue weighted by molar-refractivity contribution is -0.134. The van der Waals surface area contributed by atoms with E-state index < -0.39 is 11.6 Å². The number of imidazole rings is 1. The molecule has 2 aromatic rings. The van der Waals surface area contributed by atoms with Crippen molar-refractivity contribution in [3.8, 4) is 11.4 Å². The van der Waals surface area contributed by atoms with Crippen LogP contribution >= 0.6 is 0 Å². The van der Waals surface area contributed by atoms with E-state index in [0.717, 1.165) is 19.0 Å². The first-order valence-corrected chi connectivity index (χ1v) is 9.46. The Bertz CT molecular complexity index is 849. The van der Waals surface area contributed by atoms with Crippen LogP contribution in [-0.4, -0.2) is 71.2 Å². The van der Waals surface area contributed by atoms with Crippen LogP contribution in [0.2, 0.25) is 0 Å². The van der Waals surface area contributed by atoms with E-state index in [4.69, 9.17) is 4.74 Å². The van der Waals surface area contributed by atoms with E-state index in [1.165, 1.54) is 12.1 Å². The minimum atomic E-state index is -0.616. The van der Waals surface area contributed by atoms with Gasteiger partial charge in [0.2, 0.25) is 5.91 Å². The van der Waals surface area contributed by atoms with Crippen LogP contribution in [0.15, 0.2) is 30.6 Å². The van der Waals surface area contributed by atoms with Gasteiger partial charge in [-0.15, -0.1) is 0 Å². The quantitative estimate of drug-likeness (QED) is 0.804. The average molecular weight is 390 g/mol. The highest BCUT2D eigenvalue weighted by atomic mass is 19.1. The Morgan fingerprint density at radius 2 is 1.96 bits per heavy atom. The normalized spacial score (nSPS) is 24.9. The summed E-state index contributed by atoms with van der Waals surface area (Å²) >= 11 is 0. The second-order valence-electron chi connectivity index (χ2n) is 7.76. The Labute approximate surface area is 162 Å². The molecule has 28 heavy (non-hydrogen) atoms. The maximum absolute atomic E-state index is 13.6. The van der Waals surface area contributed by atoms with Crippen LogP contribution < -0.4 is 0 Å². The number of rotatable bonds is 4. The largest absolute Gasteiger partial charge is 0.375 e. The molecule has 3 atom stereocenters. The van der Waals surface area contributed by atoms with E-state index in [0.29, 0.717) is 31.0 Å². The second-order valence-corrected chi connectivity index (χ2v) is 7.76. The molecule has 150 valence electrons. The summed E-state index contributed by atoms with van der Waals surface area (Å²) in [5.74, 6) is -0.613. The van der Waals surface area contributed by atoms with Gasteiger partial charge in [-0.25, -0.2) is 13.8 Å². The smallest absolute Gasteiger partial charge is 0.224 e. The summed E-state index contributed by atoms with van der Waals surface area (Å²) in [5, 5.41) is 0. The van der Waals surface area contributed by atoms with E-state index in [-0.39, 0.29) is 24.1 Å². The van der Waals surface area contributed by atoms with Gasteiger partial charge in [0.05, 0.1) is 19.1 Å². The Hall–Kier alpha value is -2.32. The maximum atomic E-state index is 13.6. The van der Waals surface area contributed by atoms with Crippen LogP contribution in [-0.2, 0) is 9.53 Å². The number of morpholine rings is 1. The van der Waals surface area contributed by atoms with Crippen molar-refractivity contribution in [3.05, 3.63) is 42.2 Å². The zero-order valence-electron chi connectivity index (χ0n) is 16.0. The fourth-order valence-corrected chi connectivity index (χ4v) is 4.13. The summed E-state index contributed by atoms with van der Waals surface area (Å²) in [7, 11) is 3.49. The van der Waals surface area contributed by atoms with Crippen molar-refractivity contribution in [2.75, 3.05) is 33.8 Å². The zero-order valence-corrected chi connectivity index (χ0v) is 16.0. The number of ether oxygens (including phenoxy) is 1. The van der Waals surface area contributed by atoms with E-state index >= 15 is 0 Å². The monoisotopic (exact) mass is 390 g/mol. The Morgan fingerprint density at radius 1 is 1.21 bits per heavy atom. The molecular weight excluding hydrogens is 366 g/mol. The number of hydrogen-bond acceptors (Lipinski definition) is 4. The lowest BCUT2D eigenvalue weighted by Crippen LogP contribution is -2.47. The number of fused-ring (bicyclic) bond motifs is 1. The lowest BCUT2D eigenvalue weighted by Gasteiger charge is -2.35. The highest BCUT2D eigenvalue weighted by Gasteiger charge is 2.39. The molecule has 2 fully saturated rings. The van der Waals surface area contributed by atoms with Gasteiger partial charge in [-0.2, -0.15) is 0 Å². The molecule has 2 aliphatic rings. The molecule has 0 unspecified atom stereocenters. The van der Waals surface area contributed by atoms with Gasteiger partial charge in [-0.05, 0) is 18.6 Å². The van der Waals surface area contributed by atoms with E-state index in [2.05, 4.69) is 9.88 Å². The fourth-order valence-electron chi connectivity index (χ4n) is 4.13. The van der Waals surface area contributed by atoms with Gasteiger partial charge in [0.1, 0.15) is 17.5 Å². The number of benzene rings is 1. The van der Waals surface area contributed by atoms with Gasteiger partial charge >= 0.3 is 0 Å². The minimum absolute atomic E-state index is 0.0595. The first kappa shape index (κ1) is 19.0. The van der Waals surface area contributed by atoms with Crippen LogP contribution in [0.5, 0.6) is 0 Å². The van der Waals surface area contributed by atoms with Crippen molar-refractivity contribution in [3.63, 3.8) is 0 Å². The van der Waals surface area contributed by atoms with Crippen molar-refractivity contribution in [1.82, 2.24) is 19.4 Å². The molecule has 0 radical (unpaired) electrons. The molecule has 1 amide bonds.